The quantitative estimate of drug-likeness (QED) is 0.865. The molecule has 0 aromatic heterocycles. The summed E-state index contributed by atoms with van der Waals surface area (Å²) < 4.78 is 0. The molecule has 0 spiro atoms. The van der Waals surface area contributed by atoms with E-state index < -0.39 is 11.3 Å². The fourth-order valence-electron chi connectivity index (χ4n) is 2.03. The zero-order valence-electron chi connectivity index (χ0n) is 11.9. The Morgan fingerprint density at radius 3 is 2.29 bits per heavy atom. The van der Waals surface area contributed by atoms with Crippen molar-refractivity contribution in [2.75, 3.05) is 5.32 Å². The molecule has 0 heterocycles. The largest absolute Gasteiger partial charge is 0.325 e. The molecule has 1 amide bonds. The van der Waals surface area contributed by atoms with Gasteiger partial charge in [-0.05, 0) is 37.5 Å². The average Bonchev–Trinajstić information content (AvgIpc) is 2.48. The van der Waals surface area contributed by atoms with E-state index in [0.717, 1.165) is 5.56 Å². The highest BCUT2D eigenvalue weighted by Gasteiger charge is 2.38. The summed E-state index contributed by atoms with van der Waals surface area (Å²) in [6.07, 6.45) is 0.444. The number of hydrogen-bond acceptors (Lipinski definition) is 4. The van der Waals surface area contributed by atoms with Crippen LogP contribution in [0.1, 0.15) is 31.2 Å². The van der Waals surface area contributed by atoms with Crippen molar-refractivity contribution in [1.29, 1.82) is 15.8 Å². The van der Waals surface area contributed by atoms with Crippen molar-refractivity contribution in [3.05, 3.63) is 29.8 Å². The molecular formula is C16H16N4O. The van der Waals surface area contributed by atoms with Crippen LogP contribution in [0.3, 0.4) is 0 Å². The molecule has 106 valence electrons. The molecule has 0 aliphatic carbocycles. The van der Waals surface area contributed by atoms with Crippen LogP contribution in [0, 0.1) is 46.3 Å². The minimum atomic E-state index is -1.34. The van der Waals surface area contributed by atoms with Crippen molar-refractivity contribution < 1.29 is 4.79 Å². The summed E-state index contributed by atoms with van der Waals surface area (Å²) in [6.45, 7) is 1.90. The number of aryl methyl sites for hydroxylation is 1. The maximum Gasteiger partial charge on any atom is 0.244 e. The van der Waals surface area contributed by atoms with Gasteiger partial charge in [-0.2, -0.15) is 15.8 Å². The number of amides is 1. The van der Waals surface area contributed by atoms with E-state index in [-0.39, 0.29) is 25.7 Å². The zero-order chi connectivity index (χ0) is 15.7. The summed E-state index contributed by atoms with van der Waals surface area (Å²) in [6, 6.07) is 13.1. The lowest BCUT2D eigenvalue weighted by molar-refractivity contribution is -0.123. The molecule has 0 aliphatic rings. The van der Waals surface area contributed by atoms with E-state index in [0.29, 0.717) is 5.69 Å². The topological polar surface area (TPSA) is 100 Å². The zero-order valence-corrected chi connectivity index (χ0v) is 11.9. The first-order valence-electron chi connectivity index (χ1n) is 6.61. The molecule has 0 saturated heterocycles. The molecule has 5 heteroatoms. The molecule has 0 saturated carbocycles. The minimum absolute atomic E-state index is 0.0974. The van der Waals surface area contributed by atoms with Crippen LogP contribution in [0.5, 0.6) is 0 Å². The second kappa shape index (κ2) is 7.68. The summed E-state index contributed by atoms with van der Waals surface area (Å²) in [4.78, 5) is 12.4. The molecule has 0 unspecified atom stereocenters. The average molecular weight is 280 g/mol. The van der Waals surface area contributed by atoms with E-state index in [9.17, 15) is 10.1 Å². The van der Waals surface area contributed by atoms with Crippen LogP contribution in [-0.4, -0.2) is 5.91 Å². The number of rotatable bonds is 6. The van der Waals surface area contributed by atoms with E-state index in [1.54, 1.807) is 12.1 Å². The lowest BCUT2D eigenvalue weighted by atomic mass is 9.79. The van der Waals surface area contributed by atoms with Gasteiger partial charge in [-0.3, -0.25) is 4.79 Å². The van der Waals surface area contributed by atoms with Crippen LogP contribution >= 0.6 is 0 Å². The second-order valence-corrected chi connectivity index (χ2v) is 4.83. The van der Waals surface area contributed by atoms with Gasteiger partial charge in [0.25, 0.3) is 0 Å². The number of nitrogens with zero attached hydrogens (tertiary/aromatic N) is 3. The Balaban J connectivity index is 2.97. The molecule has 5 nitrogen and oxygen atoms in total. The highest BCUT2D eigenvalue weighted by molar-refractivity contribution is 5.97. The molecule has 1 aromatic carbocycles. The van der Waals surface area contributed by atoms with E-state index in [1.165, 1.54) is 0 Å². The van der Waals surface area contributed by atoms with Gasteiger partial charge in [-0.15, -0.1) is 0 Å². The Morgan fingerprint density at radius 1 is 1.19 bits per heavy atom. The normalized spacial score (nSPS) is 10.0. The third kappa shape index (κ3) is 4.34. The Kier molecular flexibility index (Phi) is 5.93. The van der Waals surface area contributed by atoms with Gasteiger partial charge in [0.1, 0.15) is 5.41 Å². The van der Waals surface area contributed by atoms with Crippen molar-refractivity contribution in [1.82, 2.24) is 0 Å². The summed E-state index contributed by atoms with van der Waals surface area (Å²) in [5, 5.41) is 29.5. The fourth-order valence-corrected chi connectivity index (χ4v) is 2.03. The van der Waals surface area contributed by atoms with Crippen LogP contribution in [0.4, 0.5) is 5.69 Å². The molecule has 0 radical (unpaired) electrons. The molecule has 1 N–H and O–H groups in total. The summed E-state index contributed by atoms with van der Waals surface area (Å²) in [5.41, 5.74) is 0.257. The third-order valence-electron chi connectivity index (χ3n) is 3.25. The monoisotopic (exact) mass is 280 g/mol. The second-order valence-electron chi connectivity index (χ2n) is 4.83. The molecule has 1 aromatic rings. The predicted molar refractivity (Wildman–Crippen MR) is 77.5 cm³/mol. The van der Waals surface area contributed by atoms with Gasteiger partial charge >= 0.3 is 0 Å². The number of nitrogens with one attached hydrogen (secondary N) is 1. The van der Waals surface area contributed by atoms with Gasteiger partial charge < -0.3 is 5.32 Å². The SMILES string of the molecule is Cc1cccc(NC(=O)C(C#N)(CCC#N)CCC#N)c1. The smallest absolute Gasteiger partial charge is 0.244 e. The van der Waals surface area contributed by atoms with Crippen molar-refractivity contribution in [2.24, 2.45) is 5.41 Å². The lowest BCUT2D eigenvalue weighted by Crippen LogP contribution is -2.35. The third-order valence-corrected chi connectivity index (χ3v) is 3.25. The van der Waals surface area contributed by atoms with Gasteiger partial charge in [-0.1, -0.05) is 12.1 Å². The Morgan fingerprint density at radius 2 is 1.81 bits per heavy atom. The minimum Gasteiger partial charge on any atom is -0.325 e. The van der Waals surface area contributed by atoms with Crippen molar-refractivity contribution in [3.8, 4) is 18.2 Å². The van der Waals surface area contributed by atoms with Crippen LogP contribution < -0.4 is 5.32 Å². The van der Waals surface area contributed by atoms with E-state index in [1.807, 2.05) is 37.3 Å². The number of nitriles is 3. The van der Waals surface area contributed by atoms with Gasteiger partial charge in [0, 0.05) is 18.5 Å². The Bertz CT molecular complexity index is 613. The first-order chi connectivity index (χ1) is 10.1. The van der Waals surface area contributed by atoms with Crippen LogP contribution in [0.15, 0.2) is 24.3 Å². The molecule has 0 aliphatic heterocycles. The van der Waals surface area contributed by atoms with Crippen molar-refractivity contribution in [2.45, 2.75) is 32.6 Å². The summed E-state index contributed by atoms with van der Waals surface area (Å²) in [5.74, 6) is -0.457. The van der Waals surface area contributed by atoms with Crippen LogP contribution in [0.25, 0.3) is 0 Å². The van der Waals surface area contributed by atoms with Gasteiger partial charge in [0.15, 0.2) is 0 Å². The first-order valence-corrected chi connectivity index (χ1v) is 6.61. The highest BCUT2D eigenvalue weighted by atomic mass is 16.2. The van der Waals surface area contributed by atoms with Gasteiger partial charge in [0.2, 0.25) is 5.91 Å². The molecule has 0 bridgehead atoms. The van der Waals surface area contributed by atoms with Gasteiger partial charge in [-0.25, -0.2) is 0 Å². The highest BCUT2D eigenvalue weighted by Crippen LogP contribution is 2.31. The van der Waals surface area contributed by atoms with E-state index in [4.69, 9.17) is 10.5 Å². The van der Waals surface area contributed by atoms with Crippen molar-refractivity contribution in [3.63, 3.8) is 0 Å². The summed E-state index contributed by atoms with van der Waals surface area (Å²) in [7, 11) is 0. The molecule has 0 fully saturated rings. The maximum absolute atomic E-state index is 12.4. The van der Waals surface area contributed by atoms with E-state index in [2.05, 4.69) is 5.32 Å². The maximum atomic E-state index is 12.4. The predicted octanol–water partition coefficient (Wildman–Crippen LogP) is 3.05. The van der Waals surface area contributed by atoms with Crippen LogP contribution in [-0.2, 0) is 4.79 Å². The van der Waals surface area contributed by atoms with Crippen molar-refractivity contribution >= 4 is 11.6 Å². The number of hydrogen-bond donors (Lipinski definition) is 1. The van der Waals surface area contributed by atoms with E-state index >= 15 is 0 Å². The molecule has 0 atom stereocenters. The number of anilines is 1. The summed E-state index contributed by atoms with van der Waals surface area (Å²) >= 11 is 0. The molecule has 21 heavy (non-hydrogen) atoms. The number of benzene rings is 1. The van der Waals surface area contributed by atoms with Crippen LogP contribution in [0.2, 0.25) is 0 Å². The first kappa shape index (κ1) is 16.2. The lowest BCUT2D eigenvalue weighted by Gasteiger charge is -2.23. The fraction of sp³-hybridized carbons (Fsp3) is 0.375. The Labute approximate surface area is 124 Å². The number of carbonyl (C=O) groups is 1. The molecular weight excluding hydrogens is 264 g/mol. The van der Waals surface area contributed by atoms with Gasteiger partial charge in [0.05, 0.1) is 18.2 Å². The molecule has 1 rings (SSSR count). The number of carbonyl (C=O) groups excluding carboxylic acids is 1. The standard InChI is InChI=1S/C16H16N4O/c1-13-5-2-6-14(11-13)20-15(21)16(12-19,7-3-9-17)8-4-10-18/h2,5-6,11H,3-4,7-8H2,1H3,(H,20,21). The Hall–Kier alpha value is -2.84.